The minimum Gasteiger partial charge on any atom is -0.345 e. The number of rotatable bonds is 2. The van der Waals surface area contributed by atoms with E-state index in [0.717, 1.165) is 17.9 Å². The minimum atomic E-state index is 0.0636. The molecule has 10 heavy (non-hydrogen) atoms. The molecule has 0 saturated carbocycles. The lowest BCUT2D eigenvalue weighted by molar-refractivity contribution is 0.657. The van der Waals surface area contributed by atoms with Gasteiger partial charge in [-0.2, -0.15) is 0 Å². The molecule has 3 N–H and O–H groups in total. The molecule has 0 aliphatic carbocycles. The highest BCUT2D eigenvalue weighted by Crippen LogP contribution is 2.07. The van der Waals surface area contributed by atoms with Gasteiger partial charge >= 0.3 is 0 Å². The molecule has 0 unspecified atom stereocenters. The van der Waals surface area contributed by atoms with E-state index in [9.17, 15) is 0 Å². The van der Waals surface area contributed by atoms with Gasteiger partial charge in [-0.25, -0.2) is 4.98 Å². The molecule has 0 bridgehead atoms. The van der Waals surface area contributed by atoms with E-state index in [1.165, 1.54) is 0 Å². The van der Waals surface area contributed by atoms with Gasteiger partial charge in [-0.05, 0) is 13.3 Å². The van der Waals surface area contributed by atoms with E-state index < -0.39 is 0 Å². The Balaban J connectivity index is 2.74. The molecule has 1 rings (SSSR count). The molecule has 0 aromatic carbocycles. The van der Waals surface area contributed by atoms with E-state index in [2.05, 4.69) is 9.97 Å². The molecule has 1 aromatic heterocycles. The molecular formula is C7H13N3. The first-order chi connectivity index (χ1) is 4.74. The summed E-state index contributed by atoms with van der Waals surface area (Å²) in [6.07, 6.45) is 2.72. The molecular weight excluding hydrogens is 126 g/mol. The Morgan fingerprint density at radius 1 is 1.80 bits per heavy atom. The van der Waals surface area contributed by atoms with Crippen LogP contribution in [-0.2, 0) is 0 Å². The van der Waals surface area contributed by atoms with Crippen LogP contribution >= 0.6 is 0 Å². The van der Waals surface area contributed by atoms with Crippen LogP contribution in [0.15, 0.2) is 6.20 Å². The zero-order valence-corrected chi connectivity index (χ0v) is 6.39. The fourth-order valence-corrected chi connectivity index (χ4v) is 0.815. The lowest BCUT2D eigenvalue weighted by atomic mass is 10.2. The summed E-state index contributed by atoms with van der Waals surface area (Å²) in [5.74, 6) is 0.889. The maximum Gasteiger partial charge on any atom is 0.123 e. The third-order valence-electron chi connectivity index (χ3n) is 1.51. The smallest absolute Gasteiger partial charge is 0.123 e. The summed E-state index contributed by atoms with van der Waals surface area (Å²) in [6.45, 7) is 4.02. The van der Waals surface area contributed by atoms with Gasteiger partial charge in [0.1, 0.15) is 5.82 Å². The topological polar surface area (TPSA) is 54.7 Å². The molecule has 0 fully saturated rings. The zero-order chi connectivity index (χ0) is 7.56. The predicted molar refractivity (Wildman–Crippen MR) is 40.5 cm³/mol. The van der Waals surface area contributed by atoms with Crippen molar-refractivity contribution in [2.24, 2.45) is 5.73 Å². The number of aryl methyl sites for hydroxylation is 1. The Kier molecular flexibility index (Phi) is 2.06. The molecule has 0 radical (unpaired) electrons. The Labute approximate surface area is 60.7 Å². The molecule has 0 saturated heterocycles. The molecule has 0 amide bonds. The van der Waals surface area contributed by atoms with Crippen LogP contribution in [0.1, 0.15) is 30.9 Å². The van der Waals surface area contributed by atoms with Crippen LogP contribution in [-0.4, -0.2) is 9.97 Å². The van der Waals surface area contributed by atoms with E-state index >= 15 is 0 Å². The molecule has 0 aliphatic heterocycles. The van der Waals surface area contributed by atoms with Crippen LogP contribution in [0.25, 0.3) is 0 Å². The fraction of sp³-hybridized carbons (Fsp3) is 0.571. The summed E-state index contributed by atoms with van der Waals surface area (Å²) in [4.78, 5) is 7.20. The average molecular weight is 139 g/mol. The first-order valence-electron chi connectivity index (χ1n) is 3.51. The third kappa shape index (κ3) is 1.36. The molecule has 1 heterocycles. The monoisotopic (exact) mass is 139 g/mol. The van der Waals surface area contributed by atoms with Crippen molar-refractivity contribution < 1.29 is 0 Å². The van der Waals surface area contributed by atoms with Crippen molar-refractivity contribution in [1.29, 1.82) is 0 Å². The van der Waals surface area contributed by atoms with Crippen LogP contribution < -0.4 is 5.73 Å². The van der Waals surface area contributed by atoms with Crippen molar-refractivity contribution in [2.45, 2.75) is 26.3 Å². The lowest BCUT2D eigenvalue weighted by Crippen LogP contribution is -2.10. The molecule has 0 aliphatic rings. The number of aromatic nitrogens is 2. The largest absolute Gasteiger partial charge is 0.345 e. The van der Waals surface area contributed by atoms with Crippen LogP contribution in [0.3, 0.4) is 0 Å². The summed E-state index contributed by atoms with van der Waals surface area (Å²) in [5.41, 5.74) is 6.78. The molecule has 0 spiro atoms. The number of nitrogens with two attached hydrogens (primary N) is 1. The third-order valence-corrected chi connectivity index (χ3v) is 1.51. The summed E-state index contributed by atoms with van der Waals surface area (Å²) < 4.78 is 0. The standard InChI is InChI=1S/C7H13N3/c1-3-6(8)7-9-4-5(2)10-7/h4,6H,3,8H2,1-2H3,(H,9,10)/t6-/m0/s1. The van der Waals surface area contributed by atoms with Crippen LogP contribution in [0.4, 0.5) is 0 Å². The highest BCUT2D eigenvalue weighted by Gasteiger charge is 2.04. The van der Waals surface area contributed by atoms with Crippen LogP contribution in [0.2, 0.25) is 0 Å². The van der Waals surface area contributed by atoms with Crippen molar-refractivity contribution in [2.75, 3.05) is 0 Å². The van der Waals surface area contributed by atoms with Gasteiger partial charge < -0.3 is 10.7 Å². The SMILES string of the molecule is CC[C@H](N)c1ncc(C)[nH]1. The Morgan fingerprint density at radius 2 is 2.50 bits per heavy atom. The fourth-order valence-electron chi connectivity index (χ4n) is 0.815. The Bertz CT molecular complexity index is 204. The normalized spacial score (nSPS) is 13.5. The Hall–Kier alpha value is -0.830. The summed E-state index contributed by atoms with van der Waals surface area (Å²) >= 11 is 0. The number of aromatic amines is 1. The average Bonchev–Trinajstić information content (AvgIpc) is 2.34. The Morgan fingerprint density at radius 3 is 2.90 bits per heavy atom. The van der Waals surface area contributed by atoms with Gasteiger partial charge in [0.25, 0.3) is 0 Å². The zero-order valence-electron chi connectivity index (χ0n) is 6.39. The highest BCUT2D eigenvalue weighted by atomic mass is 14.9. The molecule has 1 aromatic rings. The maximum atomic E-state index is 5.71. The van der Waals surface area contributed by atoms with Crippen molar-refractivity contribution in [3.05, 3.63) is 17.7 Å². The second-order valence-corrected chi connectivity index (χ2v) is 2.47. The predicted octanol–water partition coefficient (Wildman–Crippen LogP) is 1.13. The number of H-pyrrole nitrogens is 1. The summed E-state index contributed by atoms with van der Waals surface area (Å²) in [7, 11) is 0. The van der Waals surface area contributed by atoms with Crippen molar-refractivity contribution in [3.63, 3.8) is 0 Å². The van der Waals surface area contributed by atoms with E-state index in [-0.39, 0.29) is 6.04 Å². The van der Waals surface area contributed by atoms with Crippen LogP contribution in [0, 0.1) is 6.92 Å². The lowest BCUT2D eigenvalue weighted by Gasteiger charge is -2.02. The van der Waals surface area contributed by atoms with E-state index in [0.29, 0.717) is 0 Å². The van der Waals surface area contributed by atoms with Crippen LogP contribution in [0.5, 0.6) is 0 Å². The summed E-state index contributed by atoms with van der Waals surface area (Å²) in [5, 5.41) is 0. The van der Waals surface area contributed by atoms with Crippen molar-refractivity contribution in [1.82, 2.24) is 9.97 Å². The van der Waals surface area contributed by atoms with Gasteiger partial charge in [0, 0.05) is 11.9 Å². The maximum absolute atomic E-state index is 5.71. The van der Waals surface area contributed by atoms with Crippen molar-refractivity contribution in [3.8, 4) is 0 Å². The first-order valence-corrected chi connectivity index (χ1v) is 3.51. The summed E-state index contributed by atoms with van der Waals surface area (Å²) in [6, 6.07) is 0.0636. The van der Waals surface area contributed by atoms with Gasteiger partial charge in [0.15, 0.2) is 0 Å². The molecule has 1 atom stereocenters. The second-order valence-electron chi connectivity index (χ2n) is 2.47. The number of nitrogens with zero attached hydrogens (tertiary/aromatic N) is 1. The van der Waals surface area contributed by atoms with E-state index in [1.807, 2.05) is 13.8 Å². The van der Waals surface area contributed by atoms with Crippen molar-refractivity contribution >= 4 is 0 Å². The second kappa shape index (κ2) is 2.84. The minimum absolute atomic E-state index is 0.0636. The van der Waals surface area contributed by atoms with E-state index in [1.54, 1.807) is 6.20 Å². The van der Waals surface area contributed by atoms with Gasteiger partial charge in [-0.3, -0.25) is 0 Å². The number of imidazole rings is 1. The molecule has 56 valence electrons. The molecule has 3 heteroatoms. The number of hydrogen-bond donors (Lipinski definition) is 2. The molecule has 3 nitrogen and oxygen atoms in total. The van der Waals surface area contributed by atoms with E-state index in [4.69, 9.17) is 5.73 Å². The number of nitrogens with one attached hydrogen (secondary N) is 1. The quantitative estimate of drug-likeness (QED) is 0.645. The van der Waals surface area contributed by atoms with Gasteiger partial charge in [0.05, 0.1) is 6.04 Å². The van der Waals surface area contributed by atoms with Gasteiger partial charge in [-0.1, -0.05) is 6.92 Å². The number of hydrogen-bond acceptors (Lipinski definition) is 2. The van der Waals surface area contributed by atoms with Gasteiger partial charge in [-0.15, -0.1) is 0 Å². The first kappa shape index (κ1) is 7.28. The highest BCUT2D eigenvalue weighted by molar-refractivity contribution is 5.01. The van der Waals surface area contributed by atoms with Gasteiger partial charge in [0.2, 0.25) is 0 Å².